The highest BCUT2D eigenvalue weighted by Crippen LogP contribution is 2.24. The van der Waals surface area contributed by atoms with Crippen LogP contribution in [0.4, 0.5) is 0 Å². The Morgan fingerprint density at radius 3 is 2.46 bits per heavy atom. The van der Waals surface area contributed by atoms with E-state index in [-0.39, 0.29) is 5.91 Å². The molecule has 0 saturated heterocycles. The maximum atomic E-state index is 12.4. The van der Waals surface area contributed by atoms with Gasteiger partial charge in [-0.2, -0.15) is 0 Å². The minimum atomic E-state index is -0.0855. The Morgan fingerprint density at radius 1 is 0.958 bits per heavy atom. The van der Waals surface area contributed by atoms with Crippen LogP contribution in [0.5, 0.6) is 0 Å². The summed E-state index contributed by atoms with van der Waals surface area (Å²) in [5.74, 6) is -0.0855. The van der Waals surface area contributed by atoms with Gasteiger partial charge in [-0.05, 0) is 53.4 Å². The molecule has 3 rings (SSSR count). The van der Waals surface area contributed by atoms with E-state index in [1.54, 1.807) is 0 Å². The van der Waals surface area contributed by atoms with Crippen molar-refractivity contribution in [1.29, 1.82) is 0 Å². The number of hydrogen-bond donors (Lipinski definition) is 1. The fourth-order valence-electron chi connectivity index (χ4n) is 2.68. The van der Waals surface area contributed by atoms with E-state index in [4.69, 9.17) is 11.6 Å². The molecular formula is C21H18ClNO. The van der Waals surface area contributed by atoms with Gasteiger partial charge in [-0.25, -0.2) is 0 Å². The second-order valence-corrected chi connectivity index (χ2v) is 6.14. The van der Waals surface area contributed by atoms with Crippen LogP contribution in [0, 0.1) is 6.92 Å². The van der Waals surface area contributed by atoms with Crippen LogP contribution in [0.1, 0.15) is 21.5 Å². The van der Waals surface area contributed by atoms with Gasteiger partial charge in [-0.3, -0.25) is 4.79 Å². The van der Waals surface area contributed by atoms with E-state index in [2.05, 4.69) is 17.4 Å². The molecule has 3 aromatic carbocycles. The molecule has 3 aromatic rings. The highest BCUT2D eigenvalue weighted by molar-refractivity contribution is 6.30. The monoisotopic (exact) mass is 335 g/mol. The first-order valence-electron chi connectivity index (χ1n) is 7.82. The Bertz CT molecular complexity index is 859. The molecule has 2 nitrogen and oxygen atoms in total. The topological polar surface area (TPSA) is 29.1 Å². The van der Waals surface area contributed by atoms with Gasteiger partial charge in [0, 0.05) is 17.1 Å². The van der Waals surface area contributed by atoms with Crippen LogP contribution in [-0.4, -0.2) is 5.91 Å². The molecule has 0 radical (unpaired) electrons. The number of rotatable bonds is 4. The zero-order chi connectivity index (χ0) is 16.9. The summed E-state index contributed by atoms with van der Waals surface area (Å²) in [5, 5.41) is 3.60. The lowest BCUT2D eigenvalue weighted by Crippen LogP contribution is -2.22. The molecule has 0 aliphatic heterocycles. The van der Waals surface area contributed by atoms with Gasteiger partial charge < -0.3 is 5.32 Å². The quantitative estimate of drug-likeness (QED) is 0.693. The summed E-state index contributed by atoms with van der Waals surface area (Å²) in [4.78, 5) is 12.4. The Morgan fingerprint density at radius 2 is 1.75 bits per heavy atom. The fraction of sp³-hybridized carbons (Fsp3) is 0.0952. The van der Waals surface area contributed by atoms with Crippen LogP contribution in [0.25, 0.3) is 11.1 Å². The van der Waals surface area contributed by atoms with Crippen molar-refractivity contribution in [3.63, 3.8) is 0 Å². The number of aryl methyl sites for hydroxylation is 1. The van der Waals surface area contributed by atoms with Crippen LogP contribution < -0.4 is 5.32 Å². The van der Waals surface area contributed by atoms with Crippen molar-refractivity contribution in [3.8, 4) is 11.1 Å². The summed E-state index contributed by atoms with van der Waals surface area (Å²) in [6.07, 6.45) is 0. The lowest BCUT2D eigenvalue weighted by atomic mass is 9.98. The Labute approximate surface area is 147 Å². The smallest absolute Gasteiger partial charge is 0.251 e. The van der Waals surface area contributed by atoms with Gasteiger partial charge in [-0.1, -0.05) is 60.1 Å². The summed E-state index contributed by atoms with van der Waals surface area (Å²) in [7, 11) is 0. The lowest BCUT2D eigenvalue weighted by molar-refractivity contribution is 0.0951. The van der Waals surface area contributed by atoms with Crippen molar-refractivity contribution in [3.05, 3.63) is 94.5 Å². The Hall–Kier alpha value is -2.58. The number of amides is 1. The van der Waals surface area contributed by atoms with E-state index >= 15 is 0 Å². The van der Waals surface area contributed by atoms with E-state index in [9.17, 15) is 4.79 Å². The summed E-state index contributed by atoms with van der Waals surface area (Å²) in [6, 6.07) is 23.4. The molecule has 0 fully saturated rings. The average Bonchev–Trinajstić information content (AvgIpc) is 2.60. The molecule has 1 N–H and O–H groups in total. The summed E-state index contributed by atoms with van der Waals surface area (Å²) in [5.41, 5.74) is 5.02. The number of carbonyl (C=O) groups is 1. The van der Waals surface area contributed by atoms with Crippen LogP contribution in [0.2, 0.25) is 5.02 Å². The predicted octanol–water partition coefficient (Wildman–Crippen LogP) is 5.25. The zero-order valence-electron chi connectivity index (χ0n) is 13.4. The van der Waals surface area contributed by atoms with Crippen molar-refractivity contribution < 1.29 is 4.79 Å². The molecule has 0 spiro atoms. The average molecular weight is 336 g/mol. The number of carbonyl (C=O) groups excluding carboxylic acids is 1. The SMILES string of the molecule is Cc1cc(C(=O)NCc2cccc(Cl)c2)ccc1-c1ccccc1. The molecule has 0 heterocycles. The van der Waals surface area contributed by atoms with Crippen molar-refractivity contribution in [2.45, 2.75) is 13.5 Å². The first-order chi connectivity index (χ1) is 11.6. The molecule has 0 bridgehead atoms. The molecule has 120 valence electrons. The fourth-order valence-corrected chi connectivity index (χ4v) is 2.89. The molecule has 0 aliphatic rings. The predicted molar refractivity (Wildman–Crippen MR) is 99.2 cm³/mol. The highest BCUT2D eigenvalue weighted by Gasteiger charge is 2.09. The van der Waals surface area contributed by atoms with Gasteiger partial charge in [0.15, 0.2) is 0 Å². The summed E-state index contributed by atoms with van der Waals surface area (Å²) < 4.78 is 0. The van der Waals surface area contributed by atoms with E-state index < -0.39 is 0 Å². The molecule has 0 saturated carbocycles. The van der Waals surface area contributed by atoms with E-state index in [0.717, 1.165) is 22.3 Å². The third-order valence-electron chi connectivity index (χ3n) is 3.92. The maximum absolute atomic E-state index is 12.4. The molecule has 24 heavy (non-hydrogen) atoms. The zero-order valence-corrected chi connectivity index (χ0v) is 14.2. The van der Waals surface area contributed by atoms with Crippen LogP contribution in [-0.2, 0) is 6.54 Å². The van der Waals surface area contributed by atoms with Gasteiger partial charge in [0.25, 0.3) is 5.91 Å². The van der Waals surface area contributed by atoms with Gasteiger partial charge in [0.1, 0.15) is 0 Å². The standard InChI is InChI=1S/C21H18ClNO/c1-15-12-18(10-11-20(15)17-7-3-2-4-8-17)21(24)23-14-16-6-5-9-19(22)13-16/h2-13H,14H2,1H3,(H,23,24). The molecular weight excluding hydrogens is 318 g/mol. The molecule has 0 unspecified atom stereocenters. The Balaban J connectivity index is 1.73. The number of benzene rings is 3. The van der Waals surface area contributed by atoms with Gasteiger partial charge >= 0.3 is 0 Å². The van der Waals surface area contributed by atoms with Crippen molar-refractivity contribution in [1.82, 2.24) is 5.32 Å². The number of halogens is 1. The van der Waals surface area contributed by atoms with Crippen molar-refractivity contribution in [2.24, 2.45) is 0 Å². The minimum absolute atomic E-state index is 0.0855. The minimum Gasteiger partial charge on any atom is -0.348 e. The van der Waals surface area contributed by atoms with E-state index in [0.29, 0.717) is 17.1 Å². The summed E-state index contributed by atoms with van der Waals surface area (Å²) in [6.45, 7) is 2.48. The third-order valence-corrected chi connectivity index (χ3v) is 4.15. The van der Waals surface area contributed by atoms with Crippen LogP contribution in [0.15, 0.2) is 72.8 Å². The van der Waals surface area contributed by atoms with E-state index in [1.807, 2.05) is 67.6 Å². The second-order valence-electron chi connectivity index (χ2n) is 5.71. The maximum Gasteiger partial charge on any atom is 0.251 e. The first-order valence-corrected chi connectivity index (χ1v) is 8.20. The van der Waals surface area contributed by atoms with Crippen molar-refractivity contribution >= 4 is 17.5 Å². The molecule has 0 aromatic heterocycles. The number of nitrogens with one attached hydrogen (secondary N) is 1. The molecule has 3 heteroatoms. The normalized spacial score (nSPS) is 10.4. The van der Waals surface area contributed by atoms with Crippen LogP contribution >= 0.6 is 11.6 Å². The van der Waals surface area contributed by atoms with Crippen molar-refractivity contribution in [2.75, 3.05) is 0 Å². The van der Waals surface area contributed by atoms with Gasteiger partial charge in [0.2, 0.25) is 0 Å². The van der Waals surface area contributed by atoms with Crippen LogP contribution in [0.3, 0.4) is 0 Å². The summed E-state index contributed by atoms with van der Waals surface area (Å²) >= 11 is 5.96. The largest absolute Gasteiger partial charge is 0.348 e. The second kappa shape index (κ2) is 7.33. The van der Waals surface area contributed by atoms with Gasteiger partial charge in [-0.15, -0.1) is 0 Å². The lowest BCUT2D eigenvalue weighted by Gasteiger charge is -2.10. The molecule has 1 amide bonds. The first kappa shape index (κ1) is 16.3. The highest BCUT2D eigenvalue weighted by atomic mass is 35.5. The number of hydrogen-bond acceptors (Lipinski definition) is 1. The Kier molecular flexibility index (Phi) is 4.97. The van der Waals surface area contributed by atoms with Gasteiger partial charge in [0.05, 0.1) is 0 Å². The molecule has 0 aliphatic carbocycles. The third kappa shape index (κ3) is 3.84. The van der Waals surface area contributed by atoms with E-state index in [1.165, 1.54) is 0 Å². The molecule has 0 atom stereocenters.